The first-order valence-corrected chi connectivity index (χ1v) is 9.60. The van der Waals surface area contributed by atoms with Gasteiger partial charge in [-0.3, -0.25) is 9.58 Å². The van der Waals surface area contributed by atoms with Gasteiger partial charge in [0.15, 0.2) is 0 Å². The van der Waals surface area contributed by atoms with Gasteiger partial charge >= 0.3 is 0 Å². The summed E-state index contributed by atoms with van der Waals surface area (Å²) in [5.41, 5.74) is 3.47. The van der Waals surface area contributed by atoms with Crippen LogP contribution in [0.2, 0.25) is 5.15 Å². The Hall–Kier alpha value is -1.36. The summed E-state index contributed by atoms with van der Waals surface area (Å²) in [4.78, 5) is 2.44. The van der Waals surface area contributed by atoms with Crippen molar-refractivity contribution in [2.24, 2.45) is 13.0 Å². The Labute approximate surface area is 155 Å². The molecular weight excluding hydrogens is 334 g/mol. The topological polar surface area (TPSA) is 41.3 Å². The molecule has 0 aliphatic carbocycles. The molecule has 25 heavy (non-hydrogen) atoms. The lowest BCUT2D eigenvalue weighted by atomic mass is 9.88. The molecule has 0 radical (unpaired) electrons. The fourth-order valence-electron chi connectivity index (χ4n) is 3.78. The number of aliphatic hydroxyl groups excluding tert-OH is 1. The van der Waals surface area contributed by atoms with Crippen LogP contribution in [-0.4, -0.2) is 39.0 Å². The number of likely N-dealkylation sites (tertiary alicyclic amines) is 1. The van der Waals surface area contributed by atoms with E-state index in [1.807, 2.05) is 25.2 Å². The summed E-state index contributed by atoms with van der Waals surface area (Å²) in [7, 11) is 1.90. The number of benzene rings is 1. The normalized spacial score (nSPS) is 17.8. The Balaban J connectivity index is 1.54. The Morgan fingerprint density at radius 1 is 1.24 bits per heavy atom. The molecule has 2 heterocycles. The second-order valence-electron chi connectivity index (χ2n) is 7.06. The summed E-state index contributed by atoms with van der Waals surface area (Å²) in [6, 6.07) is 10.3. The van der Waals surface area contributed by atoms with Crippen molar-refractivity contribution in [2.75, 3.05) is 13.1 Å². The predicted molar refractivity (Wildman–Crippen MR) is 102 cm³/mol. The van der Waals surface area contributed by atoms with E-state index in [1.165, 1.54) is 5.56 Å². The van der Waals surface area contributed by atoms with Crippen LogP contribution in [0.5, 0.6) is 0 Å². The molecule has 1 aliphatic heterocycles. The number of aryl methyl sites for hydroxylation is 2. The first kappa shape index (κ1) is 18.4. The van der Waals surface area contributed by atoms with Crippen LogP contribution in [0.1, 0.15) is 36.6 Å². The van der Waals surface area contributed by atoms with E-state index in [2.05, 4.69) is 29.1 Å². The van der Waals surface area contributed by atoms with Gasteiger partial charge in [0.25, 0.3) is 0 Å². The molecule has 4 nitrogen and oxygen atoms in total. The summed E-state index contributed by atoms with van der Waals surface area (Å²) < 4.78 is 1.77. The van der Waals surface area contributed by atoms with Gasteiger partial charge in [-0.1, -0.05) is 48.9 Å². The lowest BCUT2D eigenvalue weighted by Gasteiger charge is -2.34. The fourth-order valence-corrected chi connectivity index (χ4v) is 3.99. The third-order valence-corrected chi connectivity index (χ3v) is 5.81. The van der Waals surface area contributed by atoms with Gasteiger partial charge in [0, 0.05) is 19.2 Å². The molecule has 1 atom stereocenters. The van der Waals surface area contributed by atoms with E-state index in [0.717, 1.165) is 61.7 Å². The predicted octanol–water partition coefficient (Wildman–Crippen LogP) is 3.45. The van der Waals surface area contributed by atoms with Gasteiger partial charge in [0.05, 0.1) is 11.8 Å². The summed E-state index contributed by atoms with van der Waals surface area (Å²) in [5, 5.41) is 15.8. The van der Waals surface area contributed by atoms with Gasteiger partial charge in [-0.05, 0) is 50.3 Å². The second-order valence-corrected chi connectivity index (χ2v) is 7.42. The minimum absolute atomic E-state index is 0.252. The summed E-state index contributed by atoms with van der Waals surface area (Å²) in [6.07, 6.45) is 3.47. The zero-order valence-corrected chi connectivity index (χ0v) is 15.9. The van der Waals surface area contributed by atoms with E-state index in [0.29, 0.717) is 5.92 Å². The van der Waals surface area contributed by atoms with E-state index in [-0.39, 0.29) is 6.10 Å². The second kappa shape index (κ2) is 8.35. The highest BCUT2D eigenvalue weighted by atomic mass is 35.5. The van der Waals surface area contributed by atoms with Crippen molar-refractivity contribution in [1.82, 2.24) is 14.7 Å². The number of piperidine rings is 1. The van der Waals surface area contributed by atoms with Crippen molar-refractivity contribution in [2.45, 2.75) is 45.3 Å². The van der Waals surface area contributed by atoms with E-state index in [9.17, 15) is 5.11 Å². The highest BCUT2D eigenvalue weighted by Crippen LogP contribution is 2.27. The first-order valence-electron chi connectivity index (χ1n) is 9.23. The highest BCUT2D eigenvalue weighted by molar-refractivity contribution is 6.30. The third-order valence-electron chi connectivity index (χ3n) is 5.33. The lowest BCUT2D eigenvalue weighted by Crippen LogP contribution is -2.38. The van der Waals surface area contributed by atoms with Gasteiger partial charge in [-0.25, -0.2) is 0 Å². The Morgan fingerprint density at radius 3 is 2.56 bits per heavy atom. The zero-order chi connectivity index (χ0) is 17.8. The van der Waals surface area contributed by atoms with Crippen LogP contribution in [0.3, 0.4) is 0 Å². The molecule has 1 unspecified atom stereocenters. The molecule has 0 bridgehead atoms. The number of aromatic nitrogens is 2. The van der Waals surface area contributed by atoms with Crippen molar-refractivity contribution in [3.05, 3.63) is 52.3 Å². The molecule has 0 spiro atoms. The molecule has 1 fully saturated rings. The zero-order valence-electron chi connectivity index (χ0n) is 15.2. The smallest absolute Gasteiger partial charge is 0.131 e. The number of hydrogen-bond acceptors (Lipinski definition) is 3. The standard InChI is InChI=1S/C20H28ClN3O/c1-3-18-17(20(21)23(2)22-18)14-24-11-9-16(10-12-24)19(25)13-15-7-5-4-6-8-15/h4-8,16,19,25H,3,9-14H2,1-2H3. The molecule has 1 N–H and O–H groups in total. The van der Waals surface area contributed by atoms with Gasteiger partial charge in [0.2, 0.25) is 0 Å². The van der Waals surface area contributed by atoms with Crippen molar-refractivity contribution in [1.29, 1.82) is 0 Å². The van der Waals surface area contributed by atoms with E-state index in [1.54, 1.807) is 4.68 Å². The molecule has 1 aromatic carbocycles. The number of halogens is 1. The monoisotopic (exact) mass is 361 g/mol. The van der Waals surface area contributed by atoms with E-state index in [4.69, 9.17) is 11.6 Å². The Morgan fingerprint density at radius 2 is 1.92 bits per heavy atom. The highest BCUT2D eigenvalue weighted by Gasteiger charge is 2.26. The average molecular weight is 362 g/mol. The third kappa shape index (κ3) is 4.43. The number of nitrogens with zero attached hydrogens (tertiary/aromatic N) is 3. The van der Waals surface area contributed by atoms with Crippen molar-refractivity contribution < 1.29 is 5.11 Å². The van der Waals surface area contributed by atoms with Gasteiger partial charge in [-0.15, -0.1) is 0 Å². The summed E-state index contributed by atoms with van der Waals surface area (Å²) in [5.74, 6) is 0.381. The van der Waals surface area contributed by atoms with Gasteiger partial charge in [-0.2, -0.15) is 5.10 Å². The summed E-state index contributed by atoms with van der Waals surface area (Å²) in [6.45, 7) is 4.99. The molecule has 5 heteroatoms. The first-order chi connectivity index (χ1) is 12.1. The fraction of sp³-hybridized carbons (Fsp3) is 0.550. The summed E-state index contributed by atoms with van der Waals surface area (Å²) >= 11 is 6.42. The number of rotatable bonds is 6. The van der Waals surface area contributed by atoms with E-state index < -0.39 is 0 Å². The van der Waals surface area contributed by atoms with E-state index >= 15 is 0 Å². The maximum absolute atomic E-state index is 10.6. The molecule has 0 saturated carbocycles. The molecule has 3 rings (SSSR count). The van der Waals surface area contributed by atoms with Crippen LogP contribution in [0.15, 0.2) is 30.3 Å². The minimum atomic E-state index is -0.252. The Kier molecular flexibility index (Phi) is 6.15. The van der Waals surface area contributed by atoms with Crippen LogP contribution in [-0.2, 0) is 26.4 Å². The van der Waals surface area contributed by atoms with Crippen LogP contribution in [0.4, 0.5) is 0 Å². The van der Waals surface area contributed by atoms with Gasteiger partial charge < -0.3 is 5.11 Å². The quantitative estimate of drug-likeness (QED) is 0.856. The number of hydrogen-bond donors (Lipinski definition) is 1. The number of aliphatic hydroxyl groups is 1. The van der Waals surface area contributed by atoms with Crippen LogP contribution < -0.4 is 0 Å². The SMILES string of the molecule is CCc1nn(C)c(Cl)c1CN1CCC(C(O)Cc2ccccc2)CC1. The molecule has 136 valence electrons. The largest absolute Gasteiger partial charge is 0.392 e. The Bertz CT molecular complexity index is 678. The molecule has 0 amide bonds. The maximum Gasteiger partial charge on any atom is 0.131 e. The molecular formula is C20H28ClN3O. The molecule has 1 saturated heterocycles. The van der Waals surface area contributed by atoms with Crippen LogP contribution >= 0.6 is 11.6 Å². The molecule has 2 aromatic rings. The van der Waals surface area contributed by atoms with Crippen LogP contribution in [0.25, 0.3) is 0 Å². The van der Waals surface area contributed by atoms with Crippen molar-refractivity contribution in [3.63, 3.8) is 0 Å². The van der Waals surface area contributed by atoms with Crippen molar-refractivity contribution in [3.8, 4) is 0 Å². The average Bonchev–Trinajstić information content (AvgIpc) is 2.91. The van der Waals surface area contributed by atoms with Crippen molar-refractivity contribution >= 4 is 11.6 Å². The minimum Gasteiger partial charge on any atom is -0.392 e. The molecule has 1 aliphatic rings. The van der Waals surface area contributed by atoms with Gasteiger partial charge in [0.1, 0.15) is 5.15 Å². The maximum atomic E-state index is 10.6. The van der Waals surface area contributed by atoms with Crippen LogP contribution in [0, 0.1) is 5.92 Å². The molecule has 1 aromatic heterocycles. The lowest BCUT2D eigenvalue weighted by molar-refractivity contribution is 0.0576.